The van der Waals surface area contributed by atoms with E-state index in [0.717, 1.165) is 16.7 Å². The molecule has 3 amide bonds. The van der Waals surface area contributed by atoms with Crippen LogP contribution in [0.25, 0.3) is 83.9 Å². The molecule has 29 heteroatoms. The minimum Gasteiger partial charge on any atom is -0.366 e. The highest BCUT2D eigenvalue weighted by molar-refractivity contribution is 6.35. The molecule has 23 nitrogen and oxygen atoms in total. The Bertz CT molecular complexity index is 6860. The van der Waals surface area contributed by atoms with Crippen LogP contribution in [0.5, 0.6) is 0 Å². The third kappa shape index (κ3) is 17.5. The highest BCUT2D eigenvalue weighted by Crippen LogP contribution is 2.45. The Morgan fingerprint density at radius 3 is 1.22 bits per heavy atom. The largest absolute Gasteiger partial charge is 0.366 e. The van der Waals surface area contributed by atoms with Gasteiger partial charge in [0.05, 0.1) is 83.4 Å². The van der Waals surface area contributed by atoms with Gasteiger partial charge in [0, 0.05) is 128 Å². The molecule has 3 saturated heterocycles. The van der Waals surface area contributed by atoms with Crippen molar-refractivity contribution < 1.29 is 27.6 Å². The first kappa shape index (κ1) is 93.1. The zero-order chi connectivity index (χ0) is 93.3. The molecule has 0 aliphatic carbocycles. The monoisotopic (exact) mass is 1790 g/mol. The van der Waals surface area contributed by atoms with E-state index in [4.69, 9.17) is 56.2 Å². The van der Waals surface area contributed by atoms with Crippen LogP contribution in [0.2, 0.25) is 15.1 Å². The number of carbonyl (C=O) groups is 3. The normalized spacial score (nSPS) is 15.8. The molecule has 0 spiro atoms. The number of carbonyl (C=O) groups excluding carboxylic acids is 3. The van der Waals surface area contributed by atoms with Crippen LogP contribution in [0.1, 0.15) is 157 Å². The molecule has 12 aromatic rings. The van der Waals surface area contributed by atoms with E-state index in [2.05, 4.69) is 52.7 Å². The van der Waals surface area contributed by atoms with Crippen molar-refractivity contribution in [2.45, 2.75) is 145 Å². The standard InChI is InChI=1S/C34H33ClFN5O2.2C33H32ClFN6O2/c1-7-22-31(40-17-15-39(16-18-40)28(42)8-2)25-19-26(35)30(24-11-9-10-12-27(24)36)38-33(25)41(34(22)43)32-23(20(3)4)13-14-37-29(32)21(5)6;1-7-27(42)39-16-21(6)40(17-20(39)5)31-23-14-25(34)29(22-10-8-9-11-26(22)35)38-32(23)41(33(43)24(31)15-36)30-19(4)12-13-37-28(30)18(2)3;1-7-27(42)40-20(5)16-39(17-21(40)6)31-23-14-25(34)29(22-10-8-9-11-26(22)35)38-32(23)41(33(43)24(31)15-36)30-19(4)12-13-37-28(30)18(2)3/h1,8-14,19-21H,2,15-18H2,3-6H3;2*7-14,18,20-21H,1,16-17H2,2-6H3. The Morgan fingerprint density at radius 2 is 0.829 bits per heavy atom. The maximum atomic E-state index is 15.1. The first-order valence-electron chi connectivity index (χ1n) is 42.4. The van der Waals surface area contributed by atoms with Gasteiger partial charge in [-0.1, -0.05) is 152 Å². The van der Waals surface area contributed by atoms with E-state index in [1.165, 1.54) is 50.1 Å². The van der Waals surface area contributed by atoms with Crippen LogP contribution in [0.4, 0.5) is 30.2 Å². The van der Waals surface area contributed by atoms with Gasteiger partial charge in [-0.2, -0.15) is 10.5 Å². The van der Waals surface area contributed by atoms with Crippen molar-refractivity contribution in [1.29, 1.82) is 10.5 Å². The molecule has 0 N–H and O–H groups in total. The summed E-state index contributed by atoms with van der Waals surface area (Å²) in [4.78, 5) is 120. The lowest BCUT2D eigenvalue weighted by molar-refractivity contribution is -0.131. The Balaban J connectivity index is 0.000000165. The molecule has 0 saturated carbocycles. The van der Waals surface area contributed by atoms with Gasteiger partial charge < -0.3 is 29.4 Å². The summed E-state index contributed by atoms with van der Waals surface area (Å²) >= 11 is 20.5. The molecule has 3 aromatic carbocycles. The zero-order valence-corrected chi connectivity index (χ0v) is 76.4. The van der Waals surface area contributed by atoms with Crippen LogP contribution < -0.4 is 31.4 Å². The molecule has 660 valence electrons. The van der Waals surface area contributed by atoms with Crippen LogP contribution in [-0.4, -0.2) is 153 Å². The number of nitriles is 2. The molecule has 9 aromatic heterocycles. The molecule has 3 aliphatic heterocycles. The fourth-order valence-corrected chi connectivity index (χ4v) is 18.4. The highest BCUT2D eigenvalue weighted by Gasteiger charge is 2.40. The number of anilines is 3. The summed E-state index contributed by atoms with van der Waals surface area (Å²) < 4.78 is 49.5. The van der Waals surface area contributed by atoms with Crippen molar-refractivity contribution in [1.82, 2.24) is 58.3 Å². The second-order valence-corrected chi connectivity index (χ2v) is 34.8. The number of fused-ring (bicyclic) bond motifs is 3. The van der Waals surface area contributed by atoms with Crippen molar-refractivity contribution in [3.63, 3.8) is 0 Å². The second-order valence-electron chi connectivity index (χ2n) is 33.6. The van der Waals surface area contributed by atoms with E-state index in [1.807, 2.05) is 118 Å². The zero-order valence-electron chi connectivity index (χ0n) is 74.2. The van der Waals surface area contributed by atoms with Gasteiger partial charge in [0.1, 0.15) is 63.2 Å². The maximum Gasteiger partial charge on any atom is 0.276 e. The van der Waals surface area contributed by atoms with Crippen LogP contribution in [-0.2, 0) is 14.4 Å². The topological polar surface area (TPSA) is 262 Å². The van der Waals surface area contributed by atoms with E-state index >= 15 is 13.2 Å². The number of benzene rings is 3. The lowest BCUT2D eigenvalue weighted by atomic mass is 9.96. The summed E-state index contributed by atoms with van der Waals surface area (Å²) in [6, 6.07) is 32.4. The summed E-state index contributed by atoms with van der Waals surface area (Å²) in [5.41, 5.74) is 7.70. The number of hydrogen-bond acceptors (Lipinski definition) is 17. The van der Waals surface area contributed by atoms with E-state index in [-0.39, 0.29) is 142 Å². The number of pyridine rings is 9. The number of rotatable bonds is 16. The minimum atomic E-state index is -0.568. The van der Waals surface area contributed by atoms with Gasteiger partial charge in [0.2, 0.25) is 17.7 Å². The van der Waals surface area contributed by atoms with Crippen molar-refractivity contribution in [3.05, 3.63) is 280 Å². The van der Waals surface area contributed by atoms with E-state index in [9.17, 15) is 39.3 Å². The number of amides is 3. The van der Waals surface area contributed by atoms with E-state index < -0.39 is 34.1 Å². The van der Waals surface area contributed by atoms with Gasteiger partial charge in [-0.25, -0.2) is 28.1 Å². The Labute approximate surface area is 761 Å². The lowest BCUT2D eigenvalue weighted by Crippen LogP contribution is -2.58. The number of piperazine rings is 3. The SMILES string of the molecule is C#Cc1c(N2CCN(C(=O)C=C)CC2)c2cc(Cl)c(-c3ccccc3F)nc2n(-c2c(C(C)C)ccnc2C(C)C)c1=O.C=CC(=O)N1C(C)CN(c2c(C#N)c(=O)n(-c3c(C)ccnc3C(C)C)c3nc(-c4ccccc4F)c(Cl)cc23)CC1C.C=CC(=O)N1CC(C)N(c2c(C#N)c(=O)n(-c3c(C)ccnc3C(C)C)c3nc(-c4ccccc4F)c(Cl)cc23)CC1C. The number of nitrogens with zero attached hydrogens (tertiary/aromatic N) is 17. The maximum absolute atomic E-state index is 15.1. The van der Waals surface area contributed by atoms with Crippen molar-refractivity contribution in [2.24, 2.45) is 0 Å². The third-order valence-electron chi connectivity index (χ3n) is 23.7. The molecule has 3 fully saturated rings. The molecule has 12 heterocycles. The number of halogens is 6. The molecule has 129 heavy (non-hydrogen) atoms. The molecule has 4 unspecified atom stereocenters. The van der Waals surface area contributed by atoms with Gasteiger partial charge in [0.15, 0.2) is 0 Å². The lowest BCUT2D eigenvalue weighted by Gasteiger charge is -2.45. The molecular weight excluding hydrogens is 1700 g/mol. The van der Waals surface area contributed by atoms with Gasteiger partial charge >= 0.3 is 0 Å². The minimum absolute atomic E-state index is 0.0292. The summed E-state index contributed by atoms with van der Waals surface area (Å²) in [7, 11) is 0. The Kier molecular flexibility index (Phi) is 27.8. The molecule has 15 rings (SSSR count). The van der Waals surface area contributed by atoms with Gasteiger partial charge in [-0.3, -0.25) is 57.4 Å². The molecule has 0 radical (unpaired) electrons. The summed E-state index contributed by atoms with van der Waals surface area (Å²) in [6.45, 7) is 41.4. The molecule has 4 atom stereocenters. The van der Waals surface area contributed by atoms with Crippen LogP contribution >= 0.6 is 34.8 Å². The first-order valence-corrected chi connectivity index (χ1v) is 43.6. The van der Waals surface area contributed by atoms with Crippen molar-refractivity contribution in [2.75, 3.05) is 67.1 Å². The summed E-state index contributed by atoms with van der Waals surface area (Å²) in [6.07, 6.45) is 15.1. The number of aromatic nitrogens is 9. The summed E-state index contributed by atoms with van der Waals surface area (Å²) in [5.74, 6) is 0.518. The molecule has 3 aliphatic rings. The highest BCUT2D eigenvalue weighted by atomic mass is 35.5. The van der Waals surface area contributed by atoms with Gasteiger partial charge in [-0.15, -0.1) is 6.42 Å². The van der Waals surface area contributed by atoms with Crippen LogP contribution in [0.15, 0.2) is 180 Å². The quantitative estimate of drug-likeness (QED) is 0.0643. The van der Waals surface area contributed by atoms with Crippen molar-refractivity contribution >= 4 is 103 Å². The molecular formula is C100H97Cl3F3N17O6. The van der Waals surface area contributed by atoms with Gasteiger partial charge in [0.25, 0.3) is 16.7 Å². The third-order valence-corrected chi connectivity index (χ3v) is 24.6. The van der Waals surface area contributed by atoms with Gasteiger partial charge in [-0.05, 0) is 173 Å². The first-order chi connectivity index (χ1) is 61.6. The van der Waals surface area contributed by atoms with Crippen LogP contribution in [0.3, 0.4) is 0 Å². The predicted molar refractivity (Wildman–Crippen MR) is 505 cm³/mol. The number of terminal acetylenes is 1. The van der Waals surface area contributed by atoms with Crippen molar-refractivity contribution in [3.8, 4) is 75.3 Å². The van der Waals surface area contributed by atoms with Crippen LogP contribution in [0, 0.1) is 66.3 Å². The summed E-state index contributed by atoms with van der Waals surface area (Å²) in [5, 5.41) is 23.0. The smallest absolute Gasteiger partial charge is 0.276 e. The van der Waals surface area contributed by atoms with E-state index in [0.29, 0.717) is 125 Å². The Hall–Kier alpha value is -13.6. The number of aryl methyl sites for hydroxylation is 2. The average molecular weight is 1800 g/mol. The Morgan fingerprint density at radius 1 is 0.457 bits per heavy atom. The average Bonchev–Trinajstić information content (AvgIpc) is 0.734. The number of hydrogen-bond donors (Lipinski definition) is 0. The second kappa shape index (κ2) is 38.5. The van der Waals surface area contributed by atoms with E-state index in [1.54, 1.807) is 118 Å². The fraction of sp³-hybridized carbons (Fsp3) is 0.300. The fourth-order valence-electron chi connectivity index (χ4n) is 17.6. The predicted octanol–water partition coefficient (Wildman–Crippen LogP) is 18.6. The molecule has 0 bridgehead atoms.